The molecule has 0 saturated heterocycles. The smallest absolute Gasteiger partial charge is 0.165 e. The Hall–Kier alpha value is -2.00. The third kappa shape index (κ3) is 2.24. The molecule has 3 heteroatoms. The zero-order valence-corrected chi connectivity index (χ0v) is 9.43. The van der Waals surface area contributed by atoms with Crippen LogP contribution >= 0.6 is 0 Å². The molecule has 0 aliphatic heterocycles. The van der Waals surface area contributed by atoms with Gasteiger partial charge in [-0.3, -0.25) is 0 Å². The molecule has 0 heterocycles. The Labute approximate surface area is 100 Å². The number of rotatable bonds is 3. The second-order valence-corrected chi connectivity index (χ2v) is 3.87. The maximum Gasteiger partial charge on any atom is 0.165 e. The molecule has 0 amide bonds. The summed E-state index contributed by atoms with van der Waals surface area (Å²) in [5, 5.41) is 19.5. The van der Waals surface area contributed by atoms with Crippen molar-refractivity contribution in [2.45, 2.75) is 6.42 Å². The first-order valence-corrected chi connectivity index (χ1v) is 5.53. The summed E-state index contributed by atoms with van der Waals surface area (Å²) in [5.41, 5.74) is 8.03. The predicted octanol–water partition coefficient (Wildman–Crippen LogP) is 2.27. The number of phenols is 2. The summed E-state index contributed by atoms with van der Waals surface area (Å²) >= 11 is 0. The summed E-state index contributed by atoms with van der Waals surface area (Å²) in [4.78, 5) is 0. The fourth-order valence-corrected chi connectivity index (χ4v) is 1.91. The molecule has 0 spiro atoms. The Balaban J connectivity index is 2.61. The van der Waals surface area contributed by atoms with E-state index in [0.29, 0.717) is 18.5 Å². The van der Waals surface area contributed by atoms with Crippen molar-refractivity contribution >= 4 is 0 Å². The van der Waals surface area contributed by atoms with Gasteiger partial charge < -0.3 is 15.9 Å². The molecular weight excluding hydrogens is 214 g/mol. The van der Waals surface area contributed by atoms with Crippen LogP contribution in [0, 0.1) is 0 Å². The summed E-state index contributed by atoms with van der Waals surface area (Å²) in [7, 11) is 0. The molecule has 2 aromatic carbocycles. The largest absolute Gasteiger partial charge is 0.504 e. The Morgan fingerprint density at radius 3 is 2.29 bits per heavy atom. The Bertz CT molecular complexity index is 509. The highest BCUT2D eigenvalue weighted by Crippen LogP contribution is 2.39. The molecule has 0 bridgehead atoms. The van der Waals surface area contributed by atoms with Crippen LogP contribution in [0.25, 0.3) is 11.1 Å². The number of nitrogens with two attached hydrogens (primary N) is 1. The zero-order valence-electron chi connectivity index (χ0n) is 9.43. The van der Waals surface area contributed by atoms with Gasteiger partial charge in [0.05, 0.1) is 0 Å². The molecule has 0 fully saturated rings. The first kappa shape index (κ1) is 11.5. The van der Waals surface area contributed by atoms with E-state index in [4.69, 9.17) is 5.73 Å². The lowest BCUT2D eigenvalue weighted by molar-refractivity contribution is 0.404. The van der Waals surface area contributed by atoms with Crippen LogP contribution < -0.4 is 5.73 Å². The molecule has 0 aromatic heterocycles. The number of hydrogen-bond acceptors (Lipinski definition) is 3. The summed E-state index contributed by atoms with van der Waals surface area (Å²) in [6.45, 7) is 0.504. The van der Waals surface area contributed by atoms with Gasteiger partial charge in [0.25, 0.3) is 0 Å². The second-order valence-electron chi connectivity index (χ2n) is 3.87. The monoisotopic (exact) mass is 229 g/mol. The van der Waals surface area contributed by atoms with Gasteiger partial charge >= 0.3 is 0 Å². The van der Waals surface area contributed by atoms with E-state index < -0.39 is 0 Å². The van der Waals surface area contributed by atoms with Crippen molar-refractivity contribution in [2.24, 2.45) is 5.73 Å². The van der Waals surface area contributed by atoms with Gasteiger partial charge in [0, 0.05) is 5.56 Å². The van der Waals surface area contributed by atoms with Gasteiger partial charge in [-0.15, -0.1) is 0 Å². The van der Waals surface area contributed by atoms with E-state index in [-0.39, 0.29) is 11.5 Å². The Morgan fingerprint density at radius 1 is 0.941 bits per heavy atom. The van der Waals surface area contributed by atoms with Gasteiger partial charge in [0.2, 0.25) is 0 Å². The molecule has 3 nitrogen and oxygen atoms in total. The molecule has 2 rings (SSSR count). The van der Waals surface area contributed by atoms with Gasteiger partial charge in [-0.2, -0.15) is 0 Å². The van der Waals surface area contributed by atoms with Gasteiger partial charge in [-0.1, -0.05) is 36.4 Å². The first-order valence-electron chi connectivity index (χ1n) is 5.53. The number of aromatic hydroxyl groups is 2. The molecule has 0 unspecified atom stereocenters. The van der Waals surface area contributed by atoms with Crippen LogP contribution in [-0.2, 0) is 6.42 Å². The number of phenolic OH excluding ortho intramolecular Hbond substituents is 2. The molecule has 0 aliphatic carbocycles. The van der Waals surface area contributed by atoms with Crippen molar-refractivity contribution in [2.75, 3.05) is 6.54 Å². The lowest BCUT2D eigenvalue weighted by Gasteiger charge is -2.12. The topological polar surface area (TPSA) is 66.5 Å². The van der Waals surface area contributed by atoms with Crippen LogP contribution in [0.4, 0.5) is 0 Å². The highest BCUT2D eigenvalue weighted by atomic mass is 16.3. The average molecular weight is 229 g/mol. The maximum atomic E-state index is 9.97. The van der Waals surface area contributed by atoms with Crippen LogP contribution in [0.5, 0.6) is 11.5 Å². The minimum Gasteiger partial charge on any atom is -0.504 e. The van der Waals surface area contributed by atoms with Crippen molar-refractivity contribution in [3.8, 4) is 22.6 Å². The number of benzene rings is 2. The minimum atomic E-state index is -0.107. The lowest BCUT2D eigenvalue weighted by Crippen LogP contribution is -2.04. The molecule has 0 atom stereocenters. The van der Waals surface area contributed by atoms with E-state index >= 15 is 0 Å². The predicted molar refractivity (Wildman–Crippen MR) is 68.0 cm³/mol. The van der Waals surface area contributed by atoms with Crippen molar-refractivity contribution in [3.05, 3.63) is 48.0 Å². The highest BCUT2D eigenvalue weighted by molar-refractivity contribution is 5.76. The van der Waals surface area contributed by atoms with Crippen molar-refractivity contribution < 1.29 is 10.2 Å². The quantitative estimate of drug-likeness (QED) is 0.707. The Morgan fingerprint density at radius 2 is 1.65 bits per heavy atom. The van der Waals surface area contributed by atoms with E-state index in [0.717, 1.165) is 11.1 Å². The van der Waals surface area contributed by atoms with Crippen LogP contribution in [0.3, 0.4) is 0 Å². The van der Waals surface area contributed by atoms with Gasteiger partial charge in [-0.05, 0) is 30.2 Å². The summed E-state index contributed by atoms with van der Waals surface area (Å²) in [6.07, 6.45) is 0.665. The van der Waals surface area contributed by atoms with E-state index in [1.807, 2.05) is 30.3 Å². The molecular formula is C14H15NO2. The highest BCUT2D eigenvalue weighted by Gasteiger charge is 2.13. The first-order chi connectivity index (χ1) is 8.24. The van der Waals surface area contributed by atoms with Crippen molar-refractivity contribution in [3.63, 3.8) is 0 Å². The molecule has 2 aromatic rings. The number of hydrogen-bond donors (Lipinski definition) is 3. The van der Waals surface area contributed by atoms with E-state index in [9.17, 15) is 10.2 Å². The van der Waals surface area contributed by atoms with E-state index in [1.165, 1.54) is 6.07 Å². The molecule has 0 aliphatic rings. The normalized spacial score (nSPS) is 10.4. The van der Waals surface area contributed by atoms with Crippen LogP contribution in [0.15, 0.2) is 42.5 Å². The zero-order chi connectivity index (χ0) is 12.3. The van der Waals surface area contributed by atoms with E-state index in [1.54, 1.807) is 6.07 Å². The molecule has 17 heavy (non-hydrogen) atoms. The molecule has 0 radical (unpaired) electrons. The fourth-order valence-electron chi connectivity index (χ4n) is 1.91. The third-order valence-electron chi connectivity index (χ3n) is 2.72. The van der Waals surface area contributed by atoms with Crippen molar-refractivity contribution in [1.29, 1.82) is 0 Å². The summed E-state index contributed by atoms with van der Waals surface area (Å²) in [5.74, 6) is -0.188. The SMILES string of the molecule is NCCc1ccc(O)c(O)c1-c1ccccc1. The summed E-state index contributed by atoms with van der Waals surface area (Å²) < 4.78 is 0. The van der Waals surface area contributed by atoms with Crippen LogP contribution in [0.1, 0.15) is 5.56 Å². The molecule has 88 valence electrons. The van der Waals surface area contributed by atoms with Crippen LogP contribution in [0.2, 0.25) is 0 Å². The van der Waals surface area contributed by atoms with Gasteiger partial charge in [0.15, 0.2) is 11.5 Å². The third-order valence-corrected chi connectivity index (χ3v) is 2.72. The standard InChI is InChI=1S/C14H15NO2/c15-9-8-11-6-7-12(16)14(17)13(11)10-4-2-1-3-5-10/h1-7,16-17H,8-9,15H2. The maximum absolute atomic E-state index is 9.97. The average Bonchev–Trinajstić information content (AvgIpc) is 2.36. The molecule has 4 N–H and O–H groups in total. The second kappa shape index (κ2) is 4.89. The van der Waals surface area contributed by atoms with Crippen molar-refractivity contribution in [1.82, 2.24) is 0 Å². The van der Waals surface area contributed by atoms with Gasteiger partial charge in [0.1, 0.15) is 0 Å². The minimum absolute atomic E-state index is 0.0813. The Kier molecular flexibility index (Phi) is 3.30. The molecule has 0 saturated carbocycles. The summed E-state index contributed by atoms with van der Waals surface area (Å²) in [6, 6.07) is 12.8. The van der Waals surface area contributed by atoms with Gasteiger partial charge in [-0.25, -0.2) is 0 Å². The van der Waals surface area contributed by atoms with Crippen LogP contribution in [-0.4, -0.2) is 16.8 Å². The fraction of sp³-hybridized carbons (Fsp3) is 0.143. The lowest BCUT2D eigenvalue weighted by atomic mass is 9.96. The van der Waals surface area contributed by atoms with E-state index in [2.05, 4.69) is 0 Å².